The molecule has 1 aromatic rings. The smallest absolute Gasteiger partial charge is 0.315 e. The summed E-state index contributed by atoms with van der Waals surface area (Å²) in [4.78, 5) is 12.0. The van der Waals surface area contributed by atoms with Gasteiger partial charge in [0.2, 0.25) is 0 Å². The summed E-state index contributed by atoms with van der Waals surface area (Å²) >= 11 is 0. The van der Waals surface area contributed by atoms with E-state index in [2.05, 4.69) is 10.6 Å². The minimum absolute atomic E-state index is 0.0898. The summed E-state index contributed by atoms with van der Waals surface area (Å²) < 4.78 is 4.95. The van der Waals surface area contributed by atoms with Crippen molar-refractivity contribution in [2.24, 2.45) is 0 Å². The lowest BCUT2D eigenvalue weighted by Crippen LogP contribution is -2.45. The van der Waals surface area contributed by atoms with E-state index in [4.69, 9.17) is 4.74 Å². The Bertz CT molecular complexity index is 443. The van der Waals surface area contributed by atoms with Gasteiger partial charge in [-0.3, -0.25) is 0 Å². The maximum absolute atomic E-state index is 12.0. The second-order valence-corrected chi connectivity index (χ2v) is 5.31. The first-order chi connectivity index (χ1) is 9.99. The highest BCUT2D eigenvalue weighted by atomic mass is 16.5. The average molecular weight is 294 g/mol. The first kappa shape index (κ1) is 17.5. The van der Waals surface area contributed by atoms with Crippen molar-refractivity contribution in [1.82, 2.24) is 10.6 Å². The van der Waals surface area contributed by atoms with Gasteiger partial charge in [0.1, 0.15) is 0 Å². The third kappa shape index (κ3) is 5.36. The highest BCUT2D eigenvalue weighted by Gasteiger charge is 2.16. The summed E-state index contributed by atoms with van der Waals surface area (Å²) in [6.45, 7) is 6.42. The molecule has 0 saturated carbocycles. The molecule has 0 saturated heterocycles. The van der Waals surface area contributed by atoms with Crippen LogP contribution in [-0.4, -0.2) is 37.5 Å². The van der Waals surface area contributed by atoms with Crippen LogP contribution in [0.15, 0.2) is 18.2 Å². The molecule has 0 aromatic heterocycles. The molecule has 118 valence electrons. The van der Waals surface area contributed by atoms with Crippen molar-refractivity contribution in [3.05, 3.63) is 34.9 Å². The van der Waals surface area contributed by atoms with Crippen molar-refractivity contribution in [2.45, 2.75) is 39.3 Å². The normalized spacial score (nSPS) is 13.6. The maximum atomic E-state index is 12.0. The molecular weight excluding hydrogens is 268 g/mol. The molecule has 0 aliphatic carbocycles. The average Bonchev–Trinajstić information content (AvgIpc) is 2.43. The van der Waals surface area contributed by atoms with Crippen molar-refractivity contribution in [3.8, 4) is 0 Å². The molecule has 0 bridgehead atoms. The molecule has 1 aromatic carbocycles. The van der Waals surface area contributed by atoms with Crippen molar-refractivity contribution in [2.75, 3.05) is 20.3 Å². The number of aryl methyl sites for hydroxylation is 2. The molecule has 0 spiro atoms. The van der Waals surface area contributed by atoms with Gasteiger partial charge in [0.15, 0.2) is 0 Å². The van der Waals surface area contributed by atoms with E-state index >= 15 is 0 Å². The first-order valence-electron chi connectivity index (χ1n) is 7.22. The fourth-order valence-electron chi connectivity index (χ4n) is 2.48. The Labute approximate surface area is 126 Å². The Morgan fingerprint density at radius 2 is 1.90 bits per heavy atom. The highest BCUT2D eigenvalue weighted by molar-refractivity contribution is 5.74. The van der Waals surface area contributed by atoms with E-state index in [9.17, 15) is 9.90 Å². The molecule has 21 heavy (non-hydrogen) atoms. The lowest BCUT2D eigenvalue weighted by molar-refractivity contribution is 0.159. The molecule has 0 radical (unpaired) electrons. The van der Waals surface area contributed by atoms with E-state index in [1.807, 2.05) is 39.0 Å². The first-order valence-corrected chi connectivity index (χ1v) is 7.22. The molecule has 0 unspecified atom stereocenters. The van der Waals surface area contributed by atoms with Crippen LogP contribution in [-0.2, 0) is 4.74 Å². The van der Waals surface area contributed by atoms with Crippen molar-refractivity contribution < 1.29 is 14.6 Å². The van der Waals surface area contributed by atoms with Crippen LogP contribution in [0.1, 0.15) is 36.1 Å². The molecule has 0 aliphatic rings. The van der Waals surface area contributed by atoms with Gasteiger partial charge in [-0.05, 0) is 43.9 Å². The molecule has 3 N–H and O–H groups in total. The standard InChI is InChI=1S/C16H26N2O3/c1-11-6-5-7-12(2)15(11)13(3)17-16(20)18-14(10-19)8-9-21-4/h5-7,13-14,19H,8-10H2,1-4H3,(H2,17,18,20)/t13-,14+/m1/s1. The number of methoxy groups -OCH3 is 1. The zero-order chi connectivity index (χ0) is 15.8. The van der Waals surface area contributed by atoms with Crippen molar-refractivity contribution >= 4 is 6.03 Å². The molecular formula is C16H26N2O3. The van der Waals surface area contributed by atoms with E-state index in [0.29, 0.717) is 13.0 Å². The molecule has 5 nitrogen and oxygen atoms in total. The molecule has 2 amide bonds. The Kier molecular flexibility index (Phi) is 7.19. The second kappa shape index (κ2) is 8.64. The van der Waals surface area contributed by atoms with E-state index in [-0.39, 0.29) is 24.7 Å². The number of carbonyl (C=O) groups is 1. The fourth-order valence-corrected chi connectivity index (χ4v) is 2.48. The van der Waals surface area contributed by atoms with Gasteiger partial charge in [-0.1, -0.05) is 18.2 Å². The van der Waals surface area contributed by atoms with Gasteiger partial charge in [0.05, 0.1) is 18.7 Å². The quantitative estimate of drug-likeness (QED) is 0.721. The number of hydrogen-bond donors (Lipinski definition) is 3. The van der Waals surface area contributed by atoms with Crippen LogP contribution < -0.4 is 10.6 Å². The topological polar surface area (TPSA) is 70.6 Å². The van der Waals surface area contributed by atoms with E-state index in [1.54, 1.807) is 7.11 Å². The van der Waals surface area contributed by atoms with E-state index in [1.165, 1.54) is 0 Å². The molecule has 2 atom stereocenters. The predicted octanol–water partition coefficient (Wildman–Crippen LogP) is 2.06. The van der Waals surface area contributed by atoms with Crippen molar-refractivity contribution in [3.63, 3.8) is 0 Å². The van der Waals surface area contributed by atoms with Gasteiger partial charge in [0.25, 0.3) is 0 Å². The zero-order valence-electron chi connectivity index (χ0n) is 13.3. The van der Waals surface area contributed by atoms with Crippen molar-refractivity contribution in [1.29, 1.82) is 0 Å². The number of ether oxygens (including phenoxy) is 1. The minimum atomic E-state index is -0.296. The minimum Gasteiger partial charge on any atom is -0.394 e. The molecule has 0 heterocycles. The molecule has 1 rings (SSSR count). The van der Waals surface area contributed by atoms with Gasteiger partial charge in [-0.2, -0.15) is 0 Å². The third-order valence-corrected chi connectivity index (χ3v) is 3.55. The Hall–Kier alpha value is -1.59. The molecule has 5 heteroatoms. The van der Waals surface area contributed by atoms with Crippen LogP contribution in [0.3, 0.4) is 0 Å². The van der Waals surface area contributed by atoms with E-state index in [0.717, 1.165) is 16.7 Å². The number of rotatable bonds is 7. The zero-order valence-corrected chi connectivity index (χ0v) is 13.3. The lowest BCUT2D eigenvalue weighted by atomic mass is 9.97. The summed E-state index contributed by atoms with van der Waals surface area (Å²) in [7, 11) is 1.59. The number of nitrogens with one attached hydrogen (secondary N) is 2. The van der Waals surface area contributed by atoms with Gasteiger partial charge in [-0.25, -0.2) is 4.79 Å². The SMILES string of the molecule is COCC[C@@H](CO)NC(=O)N[C@H](C)c1c(C)cccc1C. The Morgan fingerprint density at radius 1 is 1.29 bits per heavy atom. The van der Waals surface area contributed by atoms with Gasteiger partial charge >= 0.3 is 6.03 Å². The monoisotopic (exact) mass is 294 g/mol. The lowest BCUT2D eigenvalue weighted by Gasteiger charge is -2.22. The largest absolute Gasteiger partial charge is 0.394 e. The summed E-state index contributed by atoms with van der Waals surface area (Å²) in [5, 5.41) is 14.9. The highest BCUT2D eigenvalue weighted by Crippen LogP contribution is 2.21. The number of aliphatic hydroxyl groups excluding tert-OH is 1. The number of urea groups is 1. The summed E-state index contributed by atoms with van der Waals surface area (Å²) in [5.74, 6) is 0. The third-order valence-electron chi connectivity index (χ3n) is 3.55. The van der Waals surface area contributed by atoms with Gasteiger partial charge in [-0.15, -0.1) is 0 Å². The molecule has 0 aliphatic heterocycles. The van der Waals surface area contributed by atoms with Crippen LogP contribution in [0.5, 0.6) is 0 Å². The van der Waals surface area contributed by atoms with Gasteiger partial charge in [0, 0.05) is 13.7 Å². The number of benzene rings is 1. The van der Waals surface area contributed by atoms with E-state index < -0.39 is 0 Å². The van der Waals surface area contributed by atoms with Crippen LogP contribution >= 0.6 is 0 Å². The Balaban J connectivity index is 2.61. The second-order valence-electron chi connectivity index (χ2n) is 5.31. The summed E-state index contributed by atoms with van der Waals surface area (Å²) in [6.07, 6.45) is 0.582. The summed E-state index contributed by atoms with van der Waals surface area (Å²) in [6, 6.07) is 5.41. The molecule has 0 fully saturated rings. The fraction of sp³-hybridized carbons (Fsp3) is 0.562. The van der Waals surface area contributed by atoms with Crippen LogP contribution in [0.25, 0.3) is 0 Å². The van der Waals surface area contributed by atoms with Gasteiger partial charge < -0.3 is 20.5 Å². The maximum Gasteiger partial charge on any atom is 0.315 e. The van der Waals surface area contributed by atoms with Crippen LogP contribution in [0.2, 0.25) is 0 Å². The van der Waals surface area contributed by atoms with Crippen LogP contribution in [0.4, 0.5) is 4.79 Å². The number of aliphatic hydroxyl groups is 1. The predicted molar refractivity (Wildman–Crippen MR) is 83.4 cm³/mol. The Morgan fingerprint density at radius 3 is 2.43 bits per heavy atom. The number of carbonyl (C=O) groups excluding carboxylic acids is 1. The number of hydrogen-bond acceptors (Lipinski definition) is 3. The number of amides is 2. The summed E-state index contributed by atoms with van der Waals surface area (Å²) in [5.41, 5.74) is 3.44. The van der Waals surface area contributed by atoms with Crippen LogP contribution in [0, 0.1) is 13.8 Å².